The third-order valence-corrected chi connectivity index (χ3v) is 3.22. The molecule has 2 aromatic carbocycles. The van der Waals surface area contributed by atoms with E-state index in [4.69, 9.17) is 10.5 Å². The van der Waals surface area contributed by atoms with Gasteiger partial charge in [-0.15, -0.1) is 0 Å². The summed E-state index contributed by atoms with van der Waals surface area (Å²) in [5.41, 5.74) is 7.23. The van der Waals surface area contributed by atoms with Crippen LogP contribution in [0.25, 0.3) is 0 Å². The first-order valence-electron chi connectivity index (χ1n) is 5.17. The summed E-state index contributed by atoms with van der Waals surface area (Å²) < 4.78 is 20.5. The van der Waals surface area contributed by atoms with Crippen LogP contribution in [-0.2, 0) is 6.61 Å². The van der Waals surface area contributed by atoms with Crippen LogP contribution in [0, 0.1) is 5.82 Å². The van der Waals surface area contributed by atoms with Crippen LogP contribution in [0.15, 0.2) is 45.3 Å². The second-order valence-corrected chi connectivity index (χ2v) is 5.59. The van der Waals surface area contributed by atoms with Crippen molar-refractivity contribution >= 4 is 37.5 Å². The van der Waals surface area contributed by atoms with Gasteiger partial charge in [0.25, 0.3) is 0 Å². The van der Waals surface area contributed by atoms with E-state index in [9.17, 15) is 4.39 Å². The smallest absolute Gasteiger partial charge is 0.166 e. The molecule has 5 heteroatoms. The Labute approximate surface area is 121 Å². The molecule has 0 aromatic heterocycles. The number of hydrogen-bond donors (Lipinski definition) is 1. The van der Waals surface area contributed by atoms with Crippen molar-refractivity contribution in [2.24, 2.45) is 0 Å². The van der Waals surface area contributed by atoms with Gasteiger partial charge >= 0.3 is 0 Å². The van der Waals surface area contributed by atoms with E-state index in [1.165, 1.54) is 6.07 Å². The van der Waals surface area contributed by atoms with Gasteiger partial charge in [-0.25, -0.2) is 4.39 Å². The molecule has 0 unspecified atom stereocenters. The minimum Gasteiger partial charge on any atom is -0.486 e. The fraction of sp³-hybridized carbons (Fsp3) is 0.0769. The Morgan fingerprint density at radius 2 is 1.83 bits per heavy atom. The maximum atomic E-state index is 13.5. The molecule has 0 aliphatic carbocycles. The Balaban J connectivity index is 2.11. The van der Waals surface area contributed by atoms with Crippen molar-refractivity contribution < 1.29 is 9.13 Å². The number of nitrogens with two attached hydrogens (primary N) is 1. The first-order valence-corrected chi connectivity index (χ1v) is 6.76. The summed E-state index contributed by atoms with van der Waals surface area (Å²) in [5.74, 6) is -0.177. The molecule has 0 aliphatic heterocycles. The van der Waals surface area contributed by atoms with E-state index in [1.807, 2.05) is 6.07 Å². The molecule has 18 heavy (non-hydrogen) atoms. The minimum absolute atomic E-state index is 0.219. The molecule has 0 saturated heterocycles. The lowest BCUT2D eigenvalue weighted by atomic mass is 10.2. The van der Waals surface area contributed by atoms with Gasteiger partial charge in [0.2, 0.25) is 0 Å². The number of benzene rings is 2. The van der Waals surface area contributed by atoms with E-state index in [-0.39, 0.29) is 12.4 Å². The number of nitrogen functional groups attached to an aromatic ring is 1. The van der Waals surface area contributed by atoms with Crippen LogP contribution >= 0.6 is 31.9 Å². The second kappa shape index (κ2) is 5.71. The molecule has 2 nitrogen and oxygen atoms in total. The average Bonchev–Trinajstić information content (AvgIpc) is 2.26. The highest BCUT2D eigenvalue weighted by Gasteiger charge is 2.05. The Bertz CT molecular complexity index is 555. The lowest BCUT2D eigenvalue weighted by Gasteiger charge is -2.08. The molecule has 2 rings (SSSR count). The standard InChI is InChI=1S/C13H10Br2FNO/c14-9-1-2-13(12(16)6-9)18-7-8-3-10(15)5-11(17)4-8/h1-6H,7,17H2. The number of rotatable bonds is 3. The molecule has 94 valence electrons. The van der Waals surface area contributed by atoms with Crippen LogP contribution < -0.4 is 10.5 Å². The highest BCUT2D eigenvalue weighted by atomic mass is 79.9. The van der Waals surface area contributed by atoms with Crippen molar-refractivity contribution in [2.75, 3.05) is 5.73 Å². The molecular weight excluding hydrogens is 365 g/mol. The number of halogens is 3. The zero-order valence-corrected chi connectivity index (χ0v) is 12.5. The molecule has 0 amide bonds. The summed E-state index contributed by atoms with van der Waals surface area (Å²) >= 11 is 6.54. The summed E-state index contributed by atoms with van der Waals surface area (Å²) in [6.45, 7) is 0.266. The van der Waals surface area contributed by atoms with E-state index >= 15 is 0 Å². The normalized spacial score (nSPS) is 10.4. The third kappa shape index (κ3) is 3.46. The van der Waals surface area contributed by atoms with Crippen molar-refractivity contribution in [3.05, 3.63) is 56.7 Å². The van der Waals surface area contributed by atoms with E-state index < -0.39 is 5.82 Å². The highest BCUT2D eigenvalue weighted by molar-refractivity contribution is 9.10. The Morgan fingerprint density at radius 1 is 1.06 bits per heavy atom. The van der Waals surface area contributed by atoms with E-state index in [1.54, 1.807) is 24.3 Å². The maximum absolute atomic E-state index is 13.5. The number of hydrogen-bond acceptors (Lipinski definition) is 2. The molecule has 2 N–H and O–H groups in total. The summed E-state index contributed by atoms with van der Waals surface area (Å²) in [4.78, 5) is 0. The fourth-order valence-electron chi connectivity index (χ4n) is 1.51. The molecular formula is C13H10Br2FNO. The van der Waals surface area contributed by atoms with Gasteiger partial charge in [0.15, 0.2) is 11.6 Å². The van der Waals surface area contributed by atoms with Crippen molar-refractivity contribution in [1.29, 1.82) is 0 Å². The van der Waals surface area contributed by atoms with Gasteiger partial charge in [0, 0.05) is 14.6 Å². The van der Waals surface area contributed by atoms with E-state index in [0.717, 1.165) is 10.0 Å². The van der Waals surface area contributed by atoms with Gasteiger partial charge in [0.1, 0.15) is 6.61 Å². The Morgan fingerprint density at radius 3 is 2.50 bits per heavy atom. The maximum Gasteiger partial charge on any atom is 0.166 e. The minimum atomic E-state index is -0.396. The van der Waals surface area contributed by atoms with Crippen molar-refractivity contribution in [3.8, 4) is 5.75 Å². The van der Waals surface area contributed by atoms with Crippen LogP contribution in [0.5, 0.6) is 5.75 Å². The van der Waals surface area contributed by atoms with Gasteiger partial charge in [-0.3, -0.25) is 0 Å². The first kappa shape index (κ1) is 13.4. The predicted molar refractivity (Wildman–Crippen MR) is 77.0 cm³/mol. The molecule has 0 atom stereocenters. The Kier molecular flexibility index (Phi) is 4.24. The van der Waals surface area contributed by atoms with Crippen molar-refractivity contribution in [1.82, 2.24) is 0 Å². The summed E-state index contributed by atoms with van der Waals surface area (Å²) in [6, 6.07) is 10.2. The zero-order valence-electron chi connectivity index (χ0n) is 9.29. The van der Waals surface area contributed by atoms with Crippen LogP contribution in [0.4, 0.5) is 10.1 Å². The monoisotopic (exact) mass is 373 g/mol. The SMILES string of the molecule is Nc1cc(Br)cc(COc2ccc(Br)cc2F)c1. The third-order valence-electron chi connectivity index (χ3n) is 2.27. The van der Waals surface area contributed by atoms with Gasteiger partial charge in [-0.1, -0.05) is 31.9 Å². The second-order valence-electron chi connectivity index (χ2n) is 3.76. The van der Waals surface area contributed by atoms with Gasteiger partial charge in [0.05, 0.1) is 0 Å². The molecule has 0 aliphatic rings. The predicted octanol–water partition coefficient (Wildman–Crippen LogP) is 4.51. The molecule has 0 bridgehead atoms. The summed E-state index contributed by atoms with van der Waals surface area (Å²) in [5, 5.41) is 0. The van der Waals surface area contributed by atoms with Crippen LogP contribution in [0.2, 0.25) is 0 Å². The van der Waals surface area contributed by atoms with Gasteiger partial charge in [-0.05, 0) is 42.0 Å². The number of anilines is 1. The Hall–Kier alpha value is -1.07. The average molecular weight is 375 g/mol. The molecule has 0 spiro atoms. The summed E-state index contributed by atoms with van der Waals surface area (Å²) in [6.07, 6.45) is 0. The zero-order chi connectivity index (χ0) is 13.1. The van der Waals surface area contributed by atoms with Gasteiger partial charge < -0.3 is 10.5 Å². The fourth-order valence-corrected chi connectivity index (χ4v) is 2.40. The largest absolute Gasteiger partial charge is 0.486 e. The number of ether oxygens (including phenoxy) is 1. The lowest BCUT2D eigenvalue weighted by Crippen LogP contribution is -1.98. The molecule has 2 aromatic rings. The highest BCUT2D eigenvalue weighted by Crippen LogP contribution is 2.23. The quantitative estimate of drug-likeness (QED) is 0.802. The van der Waals surface area contributed by atoms with E-state index in [0.29, 0.717) is 10.2 Å². The first-order chi connectivity index (χ1) is 8.54. The summed E-state index contributed by atoms with van der Waals surface area (Å²) in [7, 11) is 0. The molecule has 0 fully saturated rings. The van der Waals surface area contributed by atoms with Gasteiger partial charge in [-0.2, -0.15) is 0 Å². The molecule has 0 radical (unpaired) electrons. The van der Waals surface area contributed by atoms with Crippen LogP contribution in [0.3, 0.4) is 0 Å². The lowest BCUT2D eigenvalue weighted by molar-refractivity contribution is 0.290. The molecule has 0 heterocycles. The van der Waals surface area contributed by atoms with Crippen molar-refractivity contribution in [2.45, 2.75) is 6.61 Å². The molecule has 0 saturated carbocycles. The van der Waals surface area contributed by atoms with Crippen LogP contribution in [-0.4, -0.2) is 0 Å². The van der Waals surface area contributed by atoms with E-state index in [2.05, 4.69) is 31.9 Å². The van der Waals surface area contributed by atoms with Crippen molar-refractivity contribution in [3.63, 3.8) is 0 Å². The van der Waals surface area contributed by atoms with Crippen LogP contribution in [0.1, 0.15) is 5.56 Å². The topological polar surface area (TPSA) is 35.2 Å².